The van der Waals surface area contributed by atoms with Crippen molar-refractivity contribution in [2.45, 2.75) is 57.5 Å². The third kappa shape index (κ3) is 5.73. The van der Waals surface area contributed by atoms with Gasteiger partial charge >= 0.3 is 12.1 Å². The summed E-state index contributed by atoms with van der Waals surface area (Å²) in [5.74, 6) is -1.52. The molecule has 0 saturated heterocycles. The Morgan fingerprint density at radius 3 is 2.26 bits per heavy atom. The summed E-state index contributed by atoms with van der Waals surface area (Å²) in [6, 6.07) is 10.5. The van der Waals surface area contributed by atoms with Gasteiger partial charge in [0.1, 0.15) is 5.75 Å². The van der Waals surface area contributed by atoms with Gasteiger partial charge in [-0.05, 0) is 53.5 Å². The molecule has 0 spiro atoms. The third-order valence-electron chi connectivity index (χ3n) is 5.83. The lowest BCUT2D eigenvalue weighted by atomic mass is 9.83. The number of hydrogen-bond donors (Lipinski definition) is 1. The summed E-state index contributed by atoms with van der Waals surface area (Å²) < 4.78 is 43.5. The molecule has 0 unspecified atom stereocenters. The highest BCUT2D eigenvalue weighted by Gasteiger charge is 2.34. The van der Waals surface area contributed by atoms with Gasteiger partial charge in [-0.25, -0.2) is 0 Å². The van der Waals surface area contributed by atoms with E-state index in [9.17, 15) is 23.1 Å². The van der Waals surface area contributed by atoms with Crippen LogP contribution >= 0.6 is 11.6 Å². The first-order chi connectivity index (χ1) is 14.6. The van der Waals surface area contributed by atoms with Crippen LogP contribution in [0.1, 0.15) is 62.5 Å². The van der Waals surface area contributed by atoms with Gasteiger partial charge < -0.3 is 9.84 Å². The van der Waals surface area contributed by atoms with Crippen molar-refractivity contribution in [3.63, 3.8) is 0 Å². The number of aliphatic carboxylic acids is 1. The molecule has 7 heteroatoms. The SMILES string of the molecule is CC(C)c1ccc(-c2cc([C@@H](C(=O)O)C3CCCC3)cc(Cl)c2OCC(F)(F)F)cc1. The number of halogens is 4. The van der Waals surface area contributed by atoms with Gasteiger partial charge in [-0.2, -0.15) is 13.2 Å². The summed E-state index contributed by atoms with van der Waals surface area (Å²) in [6.07, 6.45) is -0.968. The first kappa shape index (κ1) is 23.5. The highest BCUT2D eigenvalue weighted by molar-refractivity contribution is 6.32. The maximum atomic E-state index is 12.8. The Balaban J connectivity index is 2.10. The Morgan fingerprint density at radius 1 is 1.13 bits per heavy atom. The number of rotatable bonds is 7. The molecule has 1 atom stereocenters. The van der Waals surface area contributed by atoms with E-state index in [4.69, 9.17) is 16.3 Å². The van der Waals surface area contributed by atoms with Crippen LogP contribution in [0.25, 0.3) is 11.1 Å². The van der Waals surface area contributed by atoms with Crippen molar-refractivity contribution in [2.24, 2.45) is 5.92 Å². The topological polar surface area (TPSA) is 46.5 Å². The molecule has 2 aromatic rings. The monoisotopic (exact) mass is 454 g/mol. The molecule has 1 aliphatic carbocycles. The normalized spacial score (nSPS) is 16.0. The minimum atomic E-state index is -4.52. The molecule has 0 amide bonds. The standard InChI is InChI=1S/C24H26ClF3O3/c1-14(2)15-7-9-16(10-8-15)19-11-18(21(23(29)30)17-5-3-4-6-17)12-20(25)22(19)31-13-24(26,27)28/h7-12,14,17,21H,3-6,13H2,1-2H3,(H,29,30)/t21-/m0/s1. The number of carboxylic acid groups (broad SMARTS) is 1. The van der Waals surface area contributed by atoms with Crippen LogP contribution in [0.3, 0.4) is 0 Å². The van der Waals surface area contributed by atoms with Crippen LogP contribution in [-0.4, -0.2) is 23.9 Å². The van der Waals surface area contributed by atoms with Crippen LogP contribution in [0.2, 0.25) is 5.02 Å². The van der Waals surface area contributed by atoms with Crippen molar-refractivity contribution in [3.05, 3.63) is 52.5 Å². The predicted molar refractivity (Wildman–Crippen MR) is 115 cm³/mol. The lowest BCUT2D eigenvalue weighted by Gasteiger charge is -2.23. The van der Waals surface area contributed by atoms with Gasteiger partial charge in [0.05, 0.1) is 10.9 Å². The van der Waals surface area contributed by atoms with Crippen LogP contribution in [0.15, 0.2) is 36.4 Å². The zero-order chi connectivity index (χ0) is 22.8. The van der Waals surface area contributed by atoms with Gasteiger partial charge in [-0.15, -0.1) is 0 Å². The number of benzene rings is 2. The smallest absolute Gasteiger partial charge is 0.422 e. The van der Waals surface area contributed by atoms with Crippen molar-refractivity contribution >= 4 is 17.6 Å². The summed E-state index contributed by atoms with van der Waals surface area (Å²) in [7, 11) is 0. The fraction of sp³-hybridized carbons (Fsp3) is 0.458. The molecular formula is C24H26ClF3O3. The first-order valence-corrected chi connectivity index (χ1v) is 10.8. The van der Waals surface area contributed by atoms with Crippen molar-refractivity contribution in [2.75, 3.05) is 6.61 Å². The quantitative estimate of drug-likeness (QED) is 0.473. The minimum Gasteiger partial charge on any atom is -0.482 e. The average molecular weight is 455 g/mol. The fourth-order valence-electron chi connectivity index (χ4n) is 4.26. The largest absolute Gasteiger partial charge is 0.482 e. The van der Waals surface area contributed by atoms with E-state index in [0.29, 0.717) is 22.6 Å². The van der Waals surface area contributed by atoms with Crippen molar-refractivity contribution in [1.82, 2.24) is 0 Å². The van der Waals surface area contributed by atoms with Gasteiger partial charge in [0.15, 0.2) is 6.61 Å². The van der Waals surface area contributed by atoms with Gasteiger partial charge in [-0.3, -0.25) is 4.79 Å². The summed E-state index contributed by atoms with van der Waals surface area (Å²) in [5, 5.41) is 9.87. The van der Waals surface area contributed by atoms with E-state index in [2.05, 4.69) is 0 Å². The van der Waals surface area contributed by atoms with E-state index in [1.807, 2.05) is 26.0 Å². The second kappa shape index (κ2) is 9.51. The third-order valence-corrected chi connectivity index (χ3v) is 6.11. The van der Waals surface area contributed by atoms with Crippen molar-refractivity contribution in [3.8, 4) is 16.9 Å². The van der Waals surface area contributed by atoms with Crippen LogP contribution in [0.4, 0.5) is 13.2 Å². The van der Waals surface area contributed by atoms with Gasteiger partial charge in [0.25, 0.3) is 0 Å². The molecule has 168 valence electrons. The Morgan fingerprint density at radius 2 is 1.74 bits per heavy atom. The van der Waals surface area contributed by atoms with E-state index in [0.717, 1.165) is 31.2 Å². The predicted octanol–water partition coefficient (Wildman–Crippen LogP) is 7.43. The second-order valence-electron chi connectivity index (χ2n) is 8.42. The molecule has 0 bridgehead atoms. The highest BCUT2D eigenvalue weighted by atomic mass is 35.5. The summed E-state index contributed by atoms with van der Waals surface area (Å²) in [5.41, 5.74) is 2.57. The number of ether oxygens (including phenoxy) is 1. The highest BCUT2D eigenvalue weighted by Crippen LogP contribution is 2.44. The van der Waals surface area contributed by atoms with Crippen LogP contribution < -0.4 is 4.74 Å². The lowest BCUT2D eigenvalue weighted by Crippen LogP contribution is -2.21. The van der Waals surface area contributed by atoms with E-state index < -0.39 is 24.7 Å². The molecular weight excluding hydrogens is 429 g/mol. The molecule has 1 saturated carbocycles. The molecule has 0 aliphatic heterocycles. The number of carboxylic acids is 1. The zero-order valence-electron chi connectivity index (χ0n) is 17.5. The molecule has 3 nitrogen and oxygen atoms in total. The average Bonchev–Trinajstić information content (AvgIpc) is 3.20. The number of hydrogen-bond acceptors (Lipinski definition) is 2. The fourth-order valence-corrected chi connectivity index (χ4v) is 4.55. The van der Waals surface area contributed by atoms with E-state index in [-0.39, 0.29) is 16.7 Å². The molecule has 1 N–H and O–H groups in total. The number of carbonyl (C=O) groups is 1. The van der Waals surface area contributed by atoms with E-state index in [1.54, 1.807) is 18.2 Å². The summed E-state index contributed by atoms with van der Waals surface area (Å²) >= 11 is 6.37. The molecule has 1 fully saturated rings. The van der Waals surface area contributed by atoms with Crippen molar-refractivity contribution in [1.29, 1.82) is 0 Å². The maximum absolute atomic E-state index is 12.8. The molecule has 3 rings (SSSR count). The minimum absolute atomic E-state index is 0.0195. The Hall–Kier alpha value is -2.21. The van der Waals surface area contributed by atoms with Crippen LogP contribution in [0.5, 0.6) is 5.75 Å². The van der Waals surface area contributed by atoms with Crippen molar-refractivity contribution < 1.29 is 27.8 Å². The van der Waals surface area contributed by atoms with Gasteiger partial charge in [0, 0.05) is 5.56 Å². The molecule has 0 heterocycles. The molecule has 0 aromatic heterocycles. The molecule has 1 aliphatic rings. The van der Waals surface area contributed by atoms with E-state index >= 15 is 0 Å². The Labute approximate surface area is 185 Å². The van der Waals surface area contributed by atoms with Gasteiger partial charge in [-0.1, -0.05) is 62.6 Å². The first-order valence-electron chi connectivity index (χ1n) is 10.4. The second-order valence-corrected chi connectivity index (χ2v) is 8.83. The lowest BCUT2D eigenvalue weighted by molar-refractivity contribution is -0.153. The number of alkyl halides is 3. The van der Waals surface area contributed by atoms with E-state index in [1.165, 1.54) is 6.07 Å². The van der Waals surface area contributed by atoms with Crippen LogP contribution in [-0.2, 0) is 4.79 Å². The zero-order valence-corrected chi connectivity index (χ0v) is 18.3. The van der Waals surface area contributed by atoms with Gasteiger partial charge in [0.2, 0.25) is 0 Å². The Kier molecular flexibility index (Phi) is 7.20. The molecule has 2 aromatic carbocycles. The Bertz CT molecular complexity index is 917. The molecule has 31 heavy (non-hydrogen) atoms. The summed E-state index contributed by atoms with van der Waals surface area (Å²) in [6.45, 7) is 2.61. The summed E-state index contributed by atoms with van der Waals surface area (Å²) in [4.78, 5) is 12.1. The molecule has 0 radical (unpaired) electrons. The maximum Gasteiger partial charge on any atom is 0.422 e. The van der Waals surface area contributed by atoms with Crippen LogP contribution in [0, 0.1) is 5.92 Å².